The van der Waals surface area contributed by atoms with Crippen molar-refractivity contribution < 1.29 is 9.47 Å². The molecule has 0 aromatic carbocycles. The van der Waals surface area contributed by atoms with Crippen LogP contribution in [-0.4, -0.2) is 21.0 Å². The highest BCUT2D eigenvalue weighted by molar-refractivity contribution is 7.07. The molecule has 2 fully saturated rings. The van der Waals surface area contributed by atoms with Gasteiger partial charge in [-0.15, -0.1) is 8.75 Å². The van der Waals surface area contributed by atoms with Gasteiger partial charge in [-0.3, -0.25) is 0 Å². The molecule has 2 aliphatic carbocycles. The van der Waals surface area contributed by atoms with Crippen LogP contribution in [-0.2, 0) is 6.42 Å². The Kier molecular flexibility index (Phi) is 3.59. The van der Waals surface area contributed by atoms with E-state index in [0.29, 0.717) is 18.4 Å². The Hall–Kier alpha value is -1.14. The summed E-state index contributed by atoms with van der Waals surface area (Å²) in [4.78, 5) is 0. The first kappa shape index (κ1) is 13.5. The molecule has 0 radical (unpaired) electrons. The maximum atomic E-state index is 6.23. The summed E-state index contributed by atoms with van der Waals surface area (Å²) in [5, 5.41) is 4.24. The van der Waals surface area contributed by atoms with Gasteiger partial charge in [-0.2, -0.15) is 11.3 Å². The molecule has 2 aliphatic rings. The Morgan fingerprint density at radius 2 is 2.10 bits per heavy atom. The lowest BCUT2D eigenvalue weighted by Crippen LogP contribution is -2.30. The number of aromatic nitrogens is 2. The molecule has 112 valence electrons. The van der Waals surface area contributed by atoms with Crippen LogP contribution in [0, 0.1) is 5.92 Å². The quantitative estimate of drug-likeness (QED) is 0.808. The highest BCUT2D eigenvalue weighted by Crippen LogP contribution is 2.50. The molecule has 21 heavy (non-hydrogen) atoms. The fourth-order valence-electron chi connectivity index (χ4n) is 3.51. The highest BCUT2D eigenvalue weighted by Gasteiger charge is 2.47. The van der Waals surface area contributed by atoms with Crippen molar-refractivity contribution in [2.75, 3.05) is 6.61 Å². The second-order valence-electron chi connectivity index (χ2n) is 6.04. The predicted octanol–water partition coefficient (Wildman–Crippen LogP) is 3.93. The van der Waals surface area contributed by atoms with E-state index in [1.807, 2.05) is 0 Å². The van der Waals surface area contributed by atoms with Gasteiger partial charge in [-0.1, -0.05) is 0 Å². The van der Waals surface area contributed by atoms with Gasteiger partial charge in [-0.05, 0) is 60.4 Å². The van der Waals surface area contributed by atoms with Gasteiger partial charge in [-0.25, -0.2) is 0 Å². The van der Waals surface area contributed by atoms with E-state index in [4.69, 9.17) is 9.47 Å². The molecule has 4 nitrogen and oxygen atoms in total. The third-order valence-electron chi connectivity index (χ3n) is 4.63. The smallest absolute Gasteiger partial charge is 0.291 e. The minimum atomic E-state index is 0.0197. The Labute approximate surface area is 132 Å². The van der Waals surface area contributed by atoms with Gasteiger partial charge in [0.1, 0.15) is 5.60 Å². The number of rotatable bonds is 6. The van der Waals surface area contributed by atoms with E-state index >= 15 is 0 Å². The molecule has 0 amide bonds. The van der Waals surface area contributed by atoms with E-state index in [1.165, 1.54) is 36.6 Å². The van der Waals surface area contributed by atoms with E-state index in [0.717, 1.165) is 25.2 Å². The highest BCUT2D eigenvalue weighted by atomic mass is 32.1. The van der Waals surface area contributed by atoms with Gasteiger partial charge in [0.05, 0.1) is 18.3 Å². The van der Waals surface area contributed by atoms with Crippen LogP contribution < -0.4 is 9.47 Å². The Bertz CT molecular complexity index is 589. The zero-order valence-corrected chi connectivity index (χ0v) is 13.4. The molecule has 0 N–H and O–H groups in total. The fraction of sp³-hybridized carbons (Fsp3) is 0.600. The van der Waals surface area contributed by atoms with Gasteiger partial charge in [0, 0.05) is 6.42 Å². The third-order valence-corrected chi connectivity index (χ3v) is 5.86. The second kappa shape index (κ2) is 5.57. The number of fused-ring (bicyclic) bond motifs is 2. The normalized spacial score (nSPS) is 27.1. The number of ether oxygens (including phenoxy) is 2. The minimum absolute atomic E-state index is 0.0197. The molecule has 0 aliphatic heterocycles. The monoisotopic (exact) mass is 322 g/mol. The first-order valence-electron chi connectivity index (χ1n) is 7.48. The standard InChI is InChI=1S/C15H18N2O2S2/c1-5-15(6-2-11(1)9-15)19-14-13(16-21-17-14)18-7-3-12-4-8-20-10-12/h4,8,10-11H,1-3,5-7,9H2. The summed E-state index contributed by atoms with van der Waals surface area (Å²) < 4.78 is 20.5. The van der Waals surface area contributed by atoms with Gasteiger partial charge in [0.15, 0.2) is 0 Å². The molecular formula is C15H18N2O2S2. The molecule has 2 aromatic heterocycles. The molecule has 6 heteroatoms. The summed E-state index contributed by atoms with van der Waals surface area (Å²) in [6.07, 6.45) is 6.98. The van der Waals surface area contributed by atoms with Crippen LogP contribution in [0.1, 0.15) is 37.7 Å². The van der Waals surface area contributed by atoms with Gasteiger partial charge < -0.3 is 9.47 Å². The van der Waals surface area contributed by atoms with Crippen molar-refractivity contribution in [2.24, 2.45) is 5.92 Å². The molecule has 2 saturated carbocycles. The van der Waals surface area contributed by atoms with Crippen LogP contribution in [0.15, 0.2) is 16.8 Å². The van der Waals surface area contributed by atoms with Gasteiger partial charge in [0.25, 0.3) is 11.8 Å². The van der Waals surface area contributed by atoms with Crippen molar-refractivity contribution in [3.8, 4) is 11.8 Å². The van der Waals surface area contributed by atoms with E-state index in [2.05, 4.69) is 25.6 Å². The average molecular weight is 322 g/mol. The van der Waals surface area contributed by atoms with Crippen molar-refractivity contribution in [1.29, 1.82) is 0 Å². The van der Waals surface area contributed by atoms with Crippen LogP contribution in [0.4, 0.5) is 0 Å². The van der Waals surface area contributed by atoms with Gasteiger partial charge >= 0.3 is 0 Å². The third kappa shape index (κ3) is 2.79. The molecule has 2 heterocycles. The van der Waals surface area contributed by atoms with Crippen molar-refractivity contribution >= 4 is 23.1 Å². The molecule has 0 atom stereocenters. The molecule has 0 unspecified atom stereocenters. The second-order valence-corrected chi connectivity index (χ2v) is 7.35. The van der Waals surface area contributed by atoms with Crippen molar-refractivity contribution in [2.45, 2.75) is 44.1 Å². The summed E-state index contributed by atoms with van der Waals surface area (Å²) in [7, 11) is 0. The number of hydrogen-bond donors (Lipinski definition) is 0. The zero-order chi connectivity index (χ0) is 14.1. The molecule has 2 aromatic rings. The lowest BCUT2D eigenvalue weighted by Gasteiger charge is -2.26. The Balaban J connectivity index is 1.37. The summed E-state index contributed by atoms with van der Waals surface area (Å²) in [5.41, 5.74) is 1.32. The lowest BCUT2D eigenvalue weighted by molar-refractivity contribution is 0.0706. The molecule has 0 spiro atoms. The average Bonchev–Trinajstić information content (AvgIpc) is 3.24. The number of thiophene rings is 1. The molecule has 2 bridgehead atoms. The summed E-state index contributed by atoms with van der Waals surface area (Å²) in [6.45, 7) is 0.619. The topological polar surface area (TPSA) is 44.2 Å². The van der Waals surface area contributed by atoms with Crippen LogP contribution in [0.5, 0.6) is 11.8 Å². The van der Waals surface area contributed by atoms with E-state index in [9.17, 15) is 0 Å². The molecule has 4 rings (SSSR count). The predicted molar refractivity (Wildman–Crippen MR) is 83.4 cm³/mol. The Morgan fingerprint density at radius 1 is 1.24 bits per heavy atom. The van der Waals surface area contributed by atoms with E-state index < -0.39 is 0 Å². The SMILES string of the molecule is c1cc(CCOc2nsnc2OC23CCC(CC2)C3)cs1. The Morgan fingerprint density at radius 3 is 2.81 bits per heavy atom. The summed E-state index contributed by atoms with van der Waals surface area (Å²) in [5.74, 6) is 2.03. The maximum Gasteiger partial charge on any atom is 0.291 e. The summed E-state index contributed by atoms with van der Waals surface area (Å²) in [6, 6.07) is 2.13. The van der Waals surface area contributed by atoms with Crippen LogP contribution in [0.25, 0.3) is 0 Å². The maximum absolute atomic E-state index is 6.23. The van der Waals surface area contributed by atoms with Gasteiger partial charge in [0.2, 0.25) is 0 Å². The zero-order valence-electron chi connectivity index (χ0n) is 11.8. The largest absolute Gasteiger partial charge is 0.473 e. The van der Waals surface area contributed by atoms with Crippen LogP contribution in [0.3, 0.4) is 0 Å². The fourth-order valence-corrected chi connectivity index (χ4v) is 4.65. The molecule has 0 saturated heterocycles. The number of hydrogen-bond acceptors (Lipinski definition) is 6. The van der Waals surface area contributed by atoms with Crippen molar-refractivity contribution in [1.82, 2.24) is 8.75 Å². The van der Waals surface area contributed by atoms with E-state index in [-0.39, 0.29) is 5.60 Å². The summed E-state index contributed by atoms with van der Waals surface area (Å²) >= 11 is 2.89. The van der Waals surface area contributed by atoms with E-state index in [1.54, 1.807) is 11.3 Å². The van der Waals surface area contributed by atoms with Crippen molar-refractivity contribution in [3.63, 3.8) is 0 Å². The lowest BCUT2D eigenvalue weighted by atomic mass is 9.97. The molecular weight excluding hydrogens is 304 g/mol. The first-order valence-corrected chi connectivity index (χ1v) is 9.16. The van der Waals surface area contributed by atoms with Crippen LogP contribution in [0.2, 0.25) is 0 Å². The number of nitrogens with zero attached hydrogens (tertiary/aromatic N) is 2. The minimum Gasteiger partial charge on any atom is -0.473 e. The van der Waals surface area contributed by atoms with Crippen LogP contribution >= 0.6 is 23.1 Å². The first-order chi connectivity index (χ1) is 10.3. The van der Waals surface area contributed by atoms with Crippen molar-refractivity contribution in [3.05, 3.63) is 22.4 Å².